The number of aromatic nitrogens is 2. The monoisotopic (exact) mass is 286 g/mol. The van der Waals surface area contributed by atoms with E-state index in [1.807, 2.05) is 6.92 Å². The number of amides is 1. The summed E-state index contributed by atoms with van der Waals surface area (Å²) in [4.78, 5) is 20.8. The first-order valence-corrected chi connectivity index (χ1v) is 7.76. The van der Waals surface area contributed by atoms with Gasteiger partial charge in [0.05, 0.1) is 0 Å². The summed E-state index contributed by atoms with van der Waals surface area (Å²) in [5.74, 6) is 1.37. The van der Waals surface area contributed by atoms with Crippen LogP contribution < -0.4 is 10.6 Å². The van der Waals surface area contributed by atoms with Crippen LogP contribution in [-0.4, -0.2) is 28.5 Å². The van der Waals surface area contributed by atoms with Crippen molar-refractivity contribution >= 4 is 11.7 Å². The standard InChI is InChI=1S/C16H22N4O/c1-10(12-6-4-3-5-7-12)18-15-13-8-9-17-16(21)14(13)19-11(2)20-15/h6,10H,3-5,7-9H2,1-2H3,(H,17,21)(H,18,19,20). The highest BCUT2D eigenvalue weighted by Gasteiger charge is 2.24. The van der Waals surface area contributed by atoms with E-state index >= 15 is 0 Å². The van der Waals surface area contributed by atoms with E-state index in [0.717, 1.165) is 24.2 Å². The first kappa shape index (κ1) is 14.0. The van der Waals surface area contributed by atoms with Gasteiger partial charge in [0.15, 0.2) is 0 Å². The molecule has 1 amide bonds. The Morgan fingerprint density at radius 3 is 2.90 bits per heavy atom. The molecule has 1 aromatic heterocycles. The Morgan fingerprint density at radius 1 is 1.29 bits per heavy atom. The van der Waals surface area contributed by atoms with E-state index in [9.17, 15) is 4.79 Å². The lowest BCUT2D eigenvalue weighted by Gasteiger charge is -2.25. The number of rotatable bonds is 3. The molecule has 1 aromatic rings. The van der Waals surface area contributed by atoms with E-state index in [1.54, 1.807) is 0 Å². The maximum Gasteiger partial charge on any atom is 0.270 e. The Bertz CT molecular complexity index is 594. The first-order valence-electron chi connectivity index (χ1n) is 7.76. The van der Waals surface area contributed by atoms with Crippen molar-refractivity contribution in [2.45, 2.75) is 52.0 Å². The van der Waals surface area contributed by atoms with Crippen LogP contribution >= 0.6 is 0 Å². The zero-order chi connectivity index (χ0) is 14.8. The molecule has 2 heterocycles. The van der Waals surface area contributed by atoms with Gasteiger partial charge in [0.25, 0.3) is 5.91 Å². The molecule has 2 aliphatic rings. The minimum Gasteiger partial charge on any atom is -0.364 e. The molecule has 0 fully saturated rings. The van der Waals surface area contributed by atoms with Gasteiger partial charge >= 0.3 is 0 Å². The molecular weight excluding hydrogens is 264 g/mol. The molecule has 0 bridgehead atoms. The summed E-state index contributed by atoms with van der Waals surface area (Å²) < 4.78 is 0. The molecule has 3 rings (SSSR count). The molecule has 5 nitrogen and oxygen atoms in total. The van der Waals surface area contributed by atoms with Gasteiger partial charge in [0, 0.05) is 18.2 Å². The second kappa shape index (κ2) is 5.84. The zero-order valence-electron chi connectivity index (χ0n) is 12.7. The van der Waals surface area contributed by atoms with Crippen LogP contribution in [0.2, 0.25) is 0 Å². The maximum absolute atomic E-state index is 11.9. The van der Waals surface area contributed by atoms with Crippen LogP contribution in [0.4, 0.5) is 5.82 Å². The van der Waals surface area contributed by atoms with Crippen LogP contribution in [0.15, 0.2) is 11.6 Å². The van der Waals surface area contributed by atoms with Gasteiger partial charge < -0.3 is 10.6 Å². The number of hydrogen-bond acceptors (Lipinski definition) is 4. The van der Waals surface area contributed by atoms with Gasteiger partial charge in [-0.2, -0.15) is 0 Å². The average molecular weight is 286 g/mol. The molecule has 0 saturated heterocycles. The Balaban J connectivity index is 1.88. The topological polar surface area (TPSA) is 66.9 Å². The minimum atomic E-state index is -0.0886. The fraction of sp³-hybridized carbons (Fsp3) is 0.562. The van der Waals surface area contributed by atoms with Crippen molar-refractivity contribution in [1.29, 1.82) is 0 Å². The van der Waals surface area contributed by atoms with Gasteiger partial charge in [-0.3, -0.25) is 4.79 Å². The summed E-state index contributed by atoms with van der Waals surface area (Å²) >= 11 is 0. The highest BCUT2D eigenvalue weighted by Crippen LogP contribution is 2.25. The number of anilines is 1. The van der Waals surface area contributed by atoms with Gasteiger partial charge in [-0.15, -0.1) is 0 Å². The summed E-state index contributed by atoms with van der Waals surface area (Å²) in [5.41, 5.74) is 2.93. The highest BCUT2D eigenvalue weighted by molar-refractivity contribution is 5.96. The number of hydrogen-bond donors (Lipinski definition) is 2. The summed E-state index contributed by atoms with van der Waals surface area (Å²) in [6, 6.07) is 0.258. The van der Waals surface area contributed by atoms with E-state index in [0.29, 0.717) is 18.1 Å². The van der Waals surface area contributed by atoms with Crippen molar-refractivity contribution in [1.82, 2.24) is 15.3 Å². The molecule has 2 N–H and O–H groups in total. The van der Waals surface area contributed by atoms with Crippen LogP contribution in [0.25, 0.3) is 0 Å². The zero-order valence-corrected chi connectivity index (χ0v) is 12.7. The number of nitrogens with one attached hydrogen (secondary N) is 2. The van der Waals surface area contributed by atoms with E-state index in [1.165, 1.54) is 24.8 Å². The summed E-state index contributed by atoms with van der Waals surface area (Å²) in [7, 11) is 0. The number of nitrogens with zero attached hydrogens (tertiary/aromatic N) is 2. The molecule has 0 aromatic carbocycles. The first-order chi connectivity index (χ1) is 10.1. The summed E-state index contributed by atoms with van der Waals surface area (Å²) in [6.45, 7) is 4.66. The molecule has 112 valence electrons. The van der Waals surface area contributed by atoms with Crippen molar-refractivity contribution in [3.8, 4) is 0 Å². The van der Waals surface area contributed by atoms with Gasteiger partial charge in [0.1, 0.15) is 17.3 Å². The Hall–Kier alpha value is -1.91. The molecular formula is C16H22N4O. The van der Waals surface area contributed by atoms with Crippen LogP contribution in [0, 0.1) is 6.92 Å². The van der Waals surface area contributed by atoms with Crippen LogP contribution in [-0.2, 0) is 6.42 Å². The average Bonchev–Trinajstić information content (AvgIpc) is 2.49. The SMILES string of the molecule is Cc1nc(NC(C)C2=CCCCC2)c2c(n1)C(=O)NCC2. The normalized spacial score (nSPS) is 19.3. The van der Waals surface area contributed by atoms with Crippen molar-refractivity contribution in [2.75, 3.05) is 11.9 Å². The third-order valence-electron chi connectivity index (χ3n) is 4.23. The molecule has 1 aliphatic heterocycles. The third-order valence-corrected chi connectivity index (χ3v) is 4.23. The van der Waals surface area contributed by atoms with Crippen molar-refractivity contribution in [3.05, 3.63) is 28.7 Å². The fourth-order valence-electron chi connectivity index (χ4n) is 3.08. The van der Waals surface area contributed by atoms with Gasteiger partial charge in [-0.05, 0) is 46.0 Å². The molecule has 0 radical (unpaired) electrons. The number of allylic oxidation sites excluding steroid dienone is 1. The Kier molecular flexibility index (Phi) is 3.90. The predicted octanol–water partition coefficient (Wildman–Crippen LogP) is 2.37. The van der Waals surface area contributed by atoms with Gasteiger partial charge in [-0.1, -0.05) is 11.6 Å². The second-order valence-corrected chi connectivity index (χ2v) is 5.84. The highest BCUT2D eigenvalue weighted by atomic mass is 16.1. The van der Waals surface area contributed by atoms with Crippen molar-refractivity contribution in [3.63, 3.8) is 0 Å². The quantitative estimate of drug-likeness (QED) is 0.837. The second-order valence-electron chi connectivity index (χ2n) is 5.84. The summed E-state index contributed by atoms with van der Waals surface area (Å²) in [5, 5.41) is 6.34. The fourth-order valence-corrected chi connectivity index (χ4v) is 3.08. The smallest absolute Gasteiger partial charge is 0.270 e. The van der Waals surface area contributed by atoms with Gasteiger partial charge in [-0.25, -0.2) is 9.97 Å². The Morgan fingerprint density at radius 2 is 2.14 bits per heavy atom. The van der Waals surface area contributed by atoms with E-state index < -0.39 is 0 Å². The number of fused-ring (bicyclic) bond motifs is 1. The molecule has 0 saturated carbocycles. The number of aryl methyl sites for hydroxylation is 1. The molecule has 21 heavy (non-hydrogen) atoms. The van der Waals surface area contributed by atoms with Crippen LogP contribution in [0.1, 0.15) is 54.5 Å². The lowest BCUT2D eigenvalue weighted by atomic mass is 9.94. The minimum absolute atomic E-state index is 0.0886. The third kappa shape index (κ3) is 2.91. The van der Waals surface area contributed by atoms with Crippen LogP contribution in [0.5, 0.6) is 0 Å². The number of carbonyl (C=O) groups excluding carboxylic acids is 1. The lowest BCUT2D eigenvalue weighted by molar-refractivity contribution is 0.0940. The molecule has 5 heteroatoms. The summed E-state index contributed by atoms with van der Waals surface area (Å²) in [6.07, 6.45) is 8.01. The molecule has 1 aliphatic carbocycles. The van der Waals surface area contributed by atoms with Crippen molar-refractivity contribution < 1.29 is 4.79 Å². The lowest BCUT2D eigenvalue weighted by Crippen LogP contribution is -2.34. The van der Waals surface area contributed by atoms with Crippen LogP contribution in [0.3, 0.4) is 0 Å². The van der Waals surface area contributed by atoms with E-state index in [2.05, 4.69) is 33.6 Å². The Labute approximate surface area is 125 Å². The molecule has 1 atom stereocenters. The van der Waals surface area contributed by atoms with E-state index in [4.69, 9.17) is 0 Å². The maximum atomic E-state index is 11.9. The molecule has 0 spiro atoms. The van der Waals surface area contributed by atoms with E-state index in [-0.39, 0.29) is 11.9 Å². The van der Waals surface area contributed by atoms with Crippen molar-refractivity contribution in [2.24, 2.45) is 0 Å². The molecule has 1 unspecified atom stereocenters. The largest absolute Gasteiger partial charge is 0.364 e. The van der Waals surface area contributed by atoms with Gasteiger partial charge in [0.2, 0.25) is 0 Å². The number of carbonyl (C=O) groups is 1. The predicted molar refractivity (Wildman–Crippen MR) is 82.4 cm³/mol.